The van der Waals surface area contributed by atoms with Gasteiger partial charge in [-0.05, 0) is 61.0 Å². The van der Waals surface area contributed by atoms with Crippen LogP contribution in [0.5, 0.6) is 0 Å². The molecule has 0 fully saturated rings. The van der Waals surface area contributed by atoms with Crippen molar-refractivity contribution >= 4 is 33.4 Å². The van der Waals surface area contributed by atoms with Crippen LogP contribution in [0.25, 0.3) is 5.69 Å². The Morgan fingerprint density at radius 2 is 1.81 bits per heavy atom. The Hall–Kier alpha value is -2.86. The summed E-state index contributed by atoms with van der Waals surface area (Å²) in [6.07, 6.45) is 3.84. The van der Waals surface area contributed by atoms with E-state index >= 15 is 0 Å². The quantitative estimate of drug-likeness (QED) is 0.663. The lowest BCUT2D eigenvalue weighted by atomic mass is 10.1. The van der Waals surface area contributed by atoms with Crippen molar-refractivity contribution in [3.8, 4) is 5.69 Å². The molecule has 0 saturated carbocycles. The minimum atomic E-state index is -0.238. The number of benzene rings is 2. The van der Waals surface area contributed by atoms with Crippen LogP contribution in [0.3, 0.4) is 0 Å². The molecule has 2 amide bonds. The smallest absolute Gasteiger partial charge is 0.254 e. The fourth-order valence-corrected chi connectivity index (χ4v) is 3.25. The maximum Gasteiger partial charge on any atom is 0.254 e. The molecule has 0 atom stereocenters. The fourth-order valence-electron chi connectivity index (χ4n) is 2.77. The summed E-state index contributed by atoms with van der Waals surface area (Å²) in [4.78, 5) is 26.4. The lowest BCUT2D eigenvalue weighted by molar-refractivity contribution is -0.116. The van der Waals surface area contributed by atoms with E-state index in [2.05, 4.69) is 21.2 Å². The molecule has 0 bridgehead atoms. The van der Waals surface area contributed by atoms with Crippen molar-refractivity contribution in [1.29, 1.82) is 0 Å². The lowest BCUT2D eigenvalue weighted by Crippen LogP contribution is -2.35. The van der Waals surface area contributed by atoms with Gasteiger partial charge in [0.15, 0.2) is 0 Å². The zero-order valence-corrected chi connectivity index (χ0v) is 16.7. The van der Waals surface area contributed by atoms with Gasteiger partial charge in [0.25, 0.3) is 5.91 Å². The first-order valence-corrected chi connectivity index (χ1v) is 9.28. The maximum absolute atomic E-state index is 12.7. The zero-order chi connectivity index (χ0) is 19.4. The number of amides is 2. The van der Waals surface area contributed by atoms with Gasteiger partial charge < -0.3 is 14.8 Å². The van der Waals surface area contributed by atoms with E-state index in [9.17, 15) is 9.59 Å². The van der Waals surface area contributed by atoms with Crippen LogP contribution in [0.2, 0.25) is 0 Å². The molecule has 138 valence electrons. The molecule has 1 heterocycles. The molecule has 27 heavy (non-hydrogen) atoms. The SMILES string of the molecule is Cc1cc(Br)ccc1NC(=O)CN(C)C(=O)c1cccc(-n2cccc2)c1. The Morgan fingerprint density at radius 3 is 2.52 bits per heavy atom. The summed E-state index contributed by atoms with van der Waals surface area (Å²) in [6, 6.07) is 16.8. The zero-order valence-electron chi connectivity index (χ0n) is 15.1. The number of halogens is 1. The highest BCUT2D eigenvalue weighted by molar-refractivity contribution is 9.10. The number of nitrogens with zero attached hydrogens (tertiary/aromatic N) is 2. The van der Waals surface area contributed by atoms with Gasteiger partial charge in [0.05, 0.1) is 6.54 Å². The molecule has 0 aliphatic rings. The summed E-state index contributed by atoms with van der Waals surface area (Å²) in [5.74, 6) is -0.440. The van der Waals surface area contributed by atoms with Crippen LogP contribution < -0.4 is 5.32 Å². The molecule has 0 spiro atoms. The Morgan fingerprint density at radius 1 is 1.07 bits per heavy atom. The van der Waals surface area contributed by atoms with Crippen LogP contribution in [-0.2, 0) is 4.79 Å². The number of carbonyl (C=O) groups excluding carboxylic acids is 2. The number of rotatable bonds is 5. The third-order valence-electron chi connectivity index (χ3n) is 4.19. The molecule has 1 N–H and O–H groups in total. The van der Waals surface area contributed by atoms with E-state index in [1.54, 1.807) is 13.1 Å². The largest absolute Gasteiger partial charge is 0.332 e. The molecular weight excluding hydrogens is 406 g/mol. The molecule has 3 aromatic rings. The summed E-state index contributed by atoms with van der Waals surface area (Å²) in [5.41, 5.74) is 3.12. The van der Waals surface area contributed by atoms with Crippen LogP contribution in [0.4, 0.5) is 5.69 Å². The van der Waals surface area contributed by atoms with Crippen molar-refractivity contribution < 1.29 is 9.59 Å². The summed E-state index contributed by atoms with van der Waals surface area (Å²) < 4.78 is 2.88. The second-order valence-corrected chi connectivity index (χ2v) is 7.22. The number of hydrogen-bond acceptors (Lipinski definition) is 2. The molecule has 3 rings (SSSR count). The molecule has 0 aliphatic heterocycles. The molecule has 0 radical (unpaired) electrons. The topological polar surface area (TPSA) is 54.3 Å². The Balaban J connectivity index is 1.67. The van der Waals surface area contributed by atoms with Crippen LogP contribution >= 0.6 is 15.9 Å². The van der Waals surface area contributed by atoms with E-state index in [0.29, 0.717) is 5.56 Å². The number of nitrogens with one attached hydrogen (secondary N) is 1. The van der Waals surface area contributed by atoms with Crippen molar-refractivity contribution in [3.63, 3.8) is 0 Å². The average Bonchev–Trinajstić information content (AvgIpc) is 3.18. The minimum Gasteiger partial charge on any atom is -0.332 e. The second-order valence-electron chi connectivity index (χ2n) is 6.31. The number of likely N-dealkylation sites (N-methyl/N-ethyl adjacent to an activating group) is 1. The highest BCUT2D eigenvalue weighted by atomic mass is 79.9. The summed E-state index contributed by atoms with van der Waals surface area (Å²) >= 11 is 3.40. The van der Waals surface area contributed by atoms with Crippen molar-refractivity contribution in [3.05, 3.63) is 82.6 Å². The number of anilines is 1. The van der Waals surface area contributed by atoms with Gasteiger partial charge in [0, 0.05) is 40.9 Å². The van der Waals surface area contributed by atoms with E-state index in [1.165, 1.54) is 4.90 Å². The van der Waals surface area contributed by atoms with E-state index in [0.717, 1.165) is 21.4 Å². The van der Waals surface area contributed by atoms with Crippen molar-refractivity contribution in [2.24, 2.45) is 0 Å². The predicted molar refractivity (Wildman–Crippen MR) is 110 cm³/mol. The van der Waals surface area contributed by atoms with E-state index < -0.39 is 0 Å². The molecule has 5 nitrogen and oxygen atoms in total. The van der Waals surface area contributed by atoms with Crippen LogP contribution in [0, 0.1) is 6.92 Å². The van der Waals surface area contributed by atoms with Gasteiger partial charge in [-0.1, -0.05) is 22.0 Å². The third kappa shape index (κ3) is 4.65. The van der Waals surface area contributed by atoms with Gasteiger partial charge in [-0.25, -0.2) is 0 Å². The normalized spacial score (nSPS) is 10.5. The van der Waals surface area contributed by atoms with E-state index in [1.807, 2.05) is 72.4 Å². The molecule has 1 aromatic heterocycles. The predicted octanol–water partition coefficient (Wildman–Crippen LogP) is 4.26. The number of hydrogen-bond donors (Lipinski definition) is 1. The fraction of sp³-hybridized carbons (Fsp3) is 0.143. The van der Waals surface area contributed by atoms with Gasteiger partial charge in [-0.15, -0.1) is 0 Å². The van der Waals surface area contributed by atoms with Crippen LogP contribution in [-0.4, -0.2) is 34.9 Å². The number of aromatic nitrogens is 1. The summed E-state index contributed by atoms with van der Waals surface area (Å²) in [5, 5.41) is 2.85. The summed E-state index contributed by atoms with van der Waals surface area (Å²) in [6.45, 7) is 1.89. The molecular formula is C21H20BrN3O2. The highest BCUT2D eigenvalue weighted by Gasteiger charge is 2.16. The van der Waals surface area contributed by atoms with E-state index in [-0.39, 0.29) is 18.4 Å². The third-order valence-corrected chi connectivity index (χ3v) is 4.68. The van der Waals surface area contributed by atoms with Crippen LogP contribution in [0.1, 0.15) is 15.9 Å². The molecule has 0 aliphatic carbocycles. The Kier molecular flexibility index (Phi) is 5.76. The van der Waals surface area contributed by atoms with Gasteiger partial charge >= 0.3 is 0 Å². The van der Waals surface area contributed by atoms with Crippen molar-refractivity contribution in [2.45, 2.75) is 6.92 Å². The minimum absolute atomic E-state index is 0.0257. The first kappa shape index (κ1) is 18.9. The summed E-state index contributed by atoms with van der Waals surface area (Å²) in [7, 11) is 1.62. The first-order valence-electron chi connectivity index (χ1n) is 8.49. The van der Waals surface area contributed by atoms with Crippen LogP contribution in [0.15, 0.2) is 71.5 Å². The maximum atomic E-state index is 12.7. The lowest BCUT2D eigenvalue weighted by Gasteiger charge is -2.18. The highest BCUT2D eigenvalue weighted by Crippen LogP contribution is 2.20. The standard InChI is InChI=1S/C21H20BrN3O2/c1-15-12-17(22)8-9-19(15)23-20(26)14-24(2)21(27)16-6-5-7-18(13-16)25-10-3-4-11-25/h3-13H,14H2,1-2H3,(H,23,26). The number of aryl methyl sites for hydroxylation is 1. The Labute approximate surface area is 166 Å². The first-order chi connectivity index (χ1) is 12.9. The van der Waals surface area contributed by atoms with Crippen molar-refractivity contribution in [2.75, 3.05) is 18.9 Å². The molecule has 0 unspecified atom stereocenters. The van der Waals surface area contributed by atoms with Gasteiger partial charge in [-0.2, -0.15) is 0 Å². The van der Waals surface area contributed by atoms with E-state index in [4.69, 9.17) is 0 Å². The Bertz CT molecular complexity index is 967. The number of carbonyl (C=O) groups is 2. The molecule has 6 heteroatoms. The van der Waals surface area contributed by atoms with Crippen molar-refractivity contribution in [1.82, 2.24) is 9.47 Å². The average molecular weight is 426 g/mol. The molecule has 2 aromatic carbocycles. The van der Waals surface area contributed by atoms with Gasteiger partial charge in [0.1, 0.15) is 0 Å². The van der Waals surface area contributed by atoms with Gasteiger partial charge in [-0.3, -0.25) is 9.59 Å². The van der Waals surface area contributed by atoms with Gasteiger partial charge in [0.2, 0.25) is 5.91 Å². The monoisotopic (exact) mass is 425 g/mol. The molecule has 0 saturated heterocycles. The second kappa shape index (κ2) is 8.22.